The molecule has 1 atom stereocenters. The monoisotopic (exact) mass is 408 g/mol. The Bertz CT molecular complexity index is 1100. The van der Waals surface area contributed by atoms with E-state index in [1.54, 1.807) is 12.4 Å². The average molecular weight is 409 g/mol. The Kier molecular flexibility index (Phi) is 5.57. The topological polar surface area (TPSA) is 84.5 Å². The molecule has 1 fully saturated rings. The predicted octanol–water partition coefficient (Wildman–Crippen LogP) is 2.89. The van der Waals surface area contributed by atoms with E-state index in [0.717, 1.165) is 19.5 Å². The first-order chi connectivity index (χ1) is 14.4. The van der Waals surface area contributed by atoms with Gasteiger partial charge in [0.05, 0.1) is 0 Å². The molecule has 8 heteroatoms. The number of carbonyl (C=O) groups is 1. The van der Waals surface area contributed by atoms with Crippen LogP contribution in [0, 0.1) is 5.92 Å². The maximum absolute atomic E-state index is 12.8. The van der Waals surface area contributed by atoms with E-state index in [9.17, 15) is 9.59 Å². The van der Waals surface area contributed by atoms with Crippen LogP contribution in [0.25, 0.3) is 5.65 Å². The van der Waals surface area contributed by atoms with Gasteiger partial charge in [-0.2, -0.15) is 0 Å². The number of nitrogens with one attached hydrogen (secondary N) is 1. The fourth-order valence-electron chi connectivity index (χ4n) is 3.93. The summed E-state index contributed by atoms with van der Waals surface area (Å²) < 4.78 is 2.66. The number of carbonyl (C=O) groups excluding carboxylic acids is 1. The van der Waals surface area contributed by atoms with Crippen molar-refractivity contribution in [2.24, 2.45) is 5.92 Å². The van der Waals surface area contributed by atoms with Crippen LogP contribution in [-0.4, -0.2) is 38.2 Å². The maximum atomic E-state index is 12.8. The molecule has 1 aliphatic heterocycles. The first kappa shape index (κ1) is 20.1. The first-order valence-electron chi connectivity index (χ1n) is 10.5. The van der Waals surface area contributed by atoms with E-state index in [1.807, 2.05) is 24.3 Å². The zero-order valence-corrected chi connectivity index (χ0v) is 17.7. The van der Waals surface area contributed by atoms with Crippen LogP contribution >= 0.6 is 0 Å². The van der Waals surface area contributed by atoms with Gasteiger partial charge in [0.15, 0.2) is 5.82 Å². The van der Waals surface area contributed by atoms with Crippen LogP contribution in [0.1, 0.15) is 45.1 Å². The quantitative estimate of drug-likeness (QED) is 0.702. The molecule has 8 nitrogen and oxygen atoms in total. The molecule has 1 N–H and O–H groups in total. The van der Waals surface area contributed by atoms with Gasteiger partial charge in [0.25, 0.3) is 0 Å². The molecule has 1 saturated heterocycles. The number of hydrogen-bond acceptors (Lipinski definition) is 5. The minimum absolute atomic E-state index is 0.151. The molecule has 2 aromatic heterocycles. The normalized spacial score (nSPS) is 16.9. The molecular weight excluding hydrogens is 380 g/mol. The molecule has 0 bridgehead atoms. The summed E-state index contributed by atoms with van der Waals surface area (Å²) in [6.07, 6.45) is 5.50. The number of nitrogens with zero attached hydrogens (tertiary/aromatic N) is 5. The molecule has 3 heterocycles. The fourth-order valence-corrected chi connectivity index (χ4v) is 3.93. The Hall–Kier alpha value is -3.16. The van der Waals surface area contributed by atoms with Crippen LogP contribution in [0.3, 0.4) is 0 Å². The molecule has 0 unspecified atom stereocenters. The lowest BCUT2D eigenvalue weighted by Crippen LogP contribution is -2.35. The van der Waals surface area contributed by atoms with Crippen molar-refractivity contribution in [2.75, 3.05) is 23.3 Å². The summed E-state index contributed by atoms with van der Waals surface area (Å²) in [6.45, 7) is 8.09. The smallest absolute Gasteiger partial charge is 0.350 e. The van der Waals surface area contributed by atoms with Gasteiger partial charge in [-0.15, -0.1) is 5.10 Å². The van der Waals surface area contributed by atoms with Crippen LogP contribution < -0.4 is 15.9 Å². The van der Waals surface area contributed by atoms with Crippen molar-refractivity contribution >= 4 is 23.1 Å². The second-order valence-electron chi connectivity index (χ2n) is 8.40. The van der Waals surface area contributed by atoms with Gasteiger partial charge in [-0.05, 0) is 42.4 Å². The number of fused-ring (bicyclic) bond motifs is 1. The second-order valence-corrected chi connectivity index (χ2v) is 8.40. The lowest BCUT2D eigenvalue weighted by atomic mass is 10.0. The van der Waals surface area contributed by atoms with Gasteiger partial charge in [0.1, 0.15) is 6.54 Å². The third-order valence-corrected chi connectivity index (χ3v) is 5.59. The number of benzene rings is 1. The maximum Gasteiger partial charge on any atom is 0.350 e. The Morgan fingerprint density at radius 3 is 2.73 bits per heavy atom. The van der Waals surface area contributed by atoms with Gasteiger partial charge in [-0.25, -0.2) is 18.9 Å². The molecule has 0 spiro atoms. The number of anilines is 2. The van der Waals surface area contributed by atoms with Gasteiger partial charge in [-0.3, -0.25) is 4.79 Å². The Balaban J connectivity index is 1.54. The van der Waals surface area contributed by atoms with Crippen LogP contribution in [0.5, 0.6) is 0 Å². The van der Waals surface area contributed by atoms with Crippen molar-refractivity contribution in [3.05, 3.63) is 52.7 Å². The zero-order chi connectivity index (χ0) is 21.3. The SMILES string of the molecule is CC(C)c1ccc(NC(=O)Cn2nc3c(N4CCC[C@H](C)C4)nccn3c2=O)cc1. The molecule has 0 radical (unpaired) electrons. The first-order valence-corrected chi connectivity index (χ1v) is 10.5. The Morgan fingerprint density at radius 1 is 1.27 bits per heavy atom. The van der Waals surface area contributed by atoms with Gasteiger partial charge in [0, 0.05) is 31.2 Å². The minimum atomic E-state index is -0.344. The number of aromatic nitrogens is 4. The molecule has 1 aliphatic rings. The average Bonchev–Trinajstić information content (AvgIpc) is 3.04. The van der Waals surface area contributed by atoms with Crippen molar-refractivity contribution in [3.8, 4) is 0 Å². The van der Waals surface area contributed by atoms with Crippen molar-refractivity contribution in [1.82, 2.24) is 19.2 Å². The Labute approximate surface area is 175 Å². The molecule has 30 heavy (non-hydrogen) atoms. The molecule has 4 rings (SSSR count). The molecule has 158 valence electrons. The molecular formula is C22H28N6O2. The highest BCUT2D eigenvalue weighted by Gasteiger charge is 2.22. The lowest BCUT2D eigenvalue weighted by molar-refractivity contribution is -0.117. The number of rotatable bonds is 5. The number of amides is 1. The van der Waals surface area contributed by atoms with E-state index in [0.29, 0.717) is 29.0 Å². The highest BCUT2D eigenvalue weighted by atomic mass is 16.2. The molecule has 1 amide bonds. The third kappa shape index (κ3) is 4.08. The van der Waals surface area contributed by atoms with Crippen LogP contribution in [0.2, 0.25) is 0 Å². The van der Waals surface area contributed by atoms with Gasteiger partial charge >= 0.3 is 5.69 Å². The van der Waals surface area contributed by atoms with Crippen molar-refractivity contribution in [3.63, 3.8) is 0 Å². The fraction of sp³-hybridized carbons (Fsp3) is 0.455. The second kappa shape index (κ2) is 8.30. The zero-order valence-electron chi connectivity index (χ0n) is 17.7. The van der Waals surface area contributed by atoms with E-state index in [1.165, 1.54) is 21.1 Å². The standard InChI is InChI=1S/C22H28N6O2/c1-15(2)17-6-8-18(9-7-17)24-19(29)14-28-22(30)27-12-10-23-20(21(27)25-28)26-11-4-5-16(3)13-26/h6-10,12,15-16H,4-5,11,13-14H2,1-3H3,(H,24,29)/t16-/m0/s1. The van der Waals surface area contributed by atoms with Crippen molar-refractivity contribution in [2.45, 2.75) is 46.1 Å². The van der Waals surface area contributed by atoms with E-state index in [4.69, 9.17) is 0 Å². The van der Waals surface area contributed by atoms with E-state index in [2.05, 4.69) is 41.1 Å². The van der Waals surface area contributed by atoms with Crippen molar-refractivity contribution < 1.29 is 4.79 Å². The summed E-state index contributed by atoms with van der Waals surface area (Å²) in [5, 5.41) is 7.27. The predicted molar refractivity (Wildman–Crippen MR) is 117 cm³/mol. The summed E-state index contributed by atoms with van der Waals surface area (Å²) >= 11 is 0. The summed E-state index contributed by atoms with van der Waals surface area (Å²) in [7, 11) is 0. The van der Waals surface area contributed by atoms with Gasteiger partial charge in [0.2, 0.25) is 11.6 Å². The summed E-state index contributed by atoms with van der Waals surface area (Å²) in [5.74, 6) is 1.41. The van der Waals surface area contributed by atoms with Crippen LogP contribution in [-0.2, 0) is 11.3 Å². The van der Waals surface area contributed by atoms with E-state index in [-0.39, 0.29) is 18.1 Å². The van der Waals surface area contributed by atoms with E-state index >= 15 is 0 Å². The molecule has 3 aromatic rings. The number of piperidine rings is 1. The van der Waals surface area contributed by atoms with E-state index < -0.39 is 0 Å². The Morgan fingerprint density at radius 2 is 2.03 bits per heavy atom. The number of hydrogen-bond donors (Lipinski definition) is 1. The molecule has 0 aliphatic carbocycles. The minimum Gasteiger partial charge on any atom is -0.353 e. The highest BCUT2D eigenvalue weighted by Crippen LogP contribution is 2.23. The van der Waals surface area contributed by atoms with Crippen LogP contribution in [0.15, 0.2) is 41.5 Å². The van der Waals surface area contributed by atoms with Crippen LogP contribution in [0.4, 0.5) is 11.5 Å². The molecule has 0 saturated carbocycles. The third-order valence-electron chi connectivity index (χ3n) is 5.59. The lowest BCUT2D eigenvalue weighted by Gasteiger charge is -2.31. The van der Waals surface area contributed by atoms with Crippen molar-refractivity contribution in [1.29, 1.82) is 0 Å². The van der Waals surface area contributed by atoms with Gasteiger partial charge in [-0.1, -0.05) is 32.9 Å². The summed E-state index contributed by atoms with van der Waals surface area (Å²) in [4.78, 5) is 31.9. The van der Waals surface area contributed by atoms with Gasteiger partial charge < -0.3 is 10.2 Å². The summed E-state index contributed by atoms with van der Waals surface area (Å²) in [5.41, 5.74) is 2.05. The molecule has 1 aromatic carbocycles. The summed E-state index contributed by atoms with van der Waals surface area (Å²) in [6, 6.07) is 7.74. The highest BCUT2D eigenvalue weighted by molar-refractivity contribution is 5.90. The largest absolute Gasteiger partial charge is 0.353 e.